The van der Waals surface area contributed by atoms with Crippen molar-refractivity contribution in [3.8, 4) is 0 Å². The Hall–Kier alpha value is -3.42. The predicted octanol–water partition coefficient (Wildman–Crippen LogP) is 2.47. The molecule has 8 nitrogen and oxygen atoms in total. The van der Waals surface area contributed by atoms with Crippen molar-refractivity contribution in [3.05, 3.63) is 59.9 Å². The number of nitrogens with zero attached hydrogens (tertiary/aromatic N) is 1. The van der Waals surface area contributed by atoms with Crippen LogP contribution in [0.2, 0.25) is 0 Å². The van der Waals surface area contributed by atoms with Crippen LogP contribution in [0.1, 0.15) is 36.8 Å². The summed E-state index contributed by atoms with van der Waals surface area (Å²) in [5, 5.41) is 7.87. The molecular weight excluding hydrogens is 360 g/mol. The van der Waals surface area contributed by atoms with Crippen LogP contribution in [0.4, 0.5) is 10.5 Å². The summed E-state index contributed by atoms with van der Waals surface area (Å²) in [7, 11) is 0. The SMILES string of the molecule is CC(C)(C)OC(=O)NCC(=O)NCc1ccccc1NC(=O)c1ccccn1. The summed E-state index contributed by atoms with van der Waals surface area (Å²) in [4.78, 5) is 39.8. The molecule has 0 unspecified atom stereocenters. The van der Waals surface area contributed by atoms with E-state index >= 15 is 0 Å². The molecule has 0 fully saturated rings. The number of nitrogens with one attached hydrogen (secondary N) is 3. The van der Waals surface area contributed by atoms with Crippen molar-refractivity contribution in [2.45, 2.75) is 32.9 Å². The summed E-state index contributed by atoms with van der Waals surface area (Å²) in [6.07, 6.45) is 0.879. The first-order valence-electron chi connectivity index (χ1n) is 8.78. The molecule has 0 bridgehead atoms. The number of amides is 3. The van der Waals surface area contributed by atoms with Crippen molar-refractivity contribution in [2.75, 3.05) is 11.9 Å². The molecule has 0 aliphatic heterocycles. The molecule has 0 aliphatic rings. The Morgan fingerprint density at radius 1 is 1.00 bits per heavy atom. The number of hydrogen-bond donors (Lipinski definition) is 3. The van der Waals surface area contributed by atoms with Crippen molar-refractivity contribution >= 4 is 23.6 Å². The lowest BCUT2D eigenvalue weighted by molar-refractivity contribution is -0.120. The molecule has 2 aromatic rings. The van der Waals surface area contributed by atoms with Gasteiger partial charge in [-0.15, -0.1) is 0 Å². The van der Waals surface area contributed by atoms with Crippen LogP contribution in [0.3, 0.4) is 0 Å². The van der Waals surface area contributed by atoms with E-state index in [1.54, 1.807) is 69.4 Å². The lowest BCUT2D eigenvalue weighted by Gasteiger charge is -2.19. The van der Waals surface area contributed by atoms with E-state index in [1.807, 2.05) is 0 Å². The highest BCUT2D eigenvalue weighted by molar-refractivity contribution is 6.03. The third kappa shape index (κ3) is 7.06. The maximum absolute atomic E-state index is 12.3. The minimum absolute atomic E-state index is 0.188. The molecule has 0 aliphatic carbocycles. The molecule has 8 heteroatoms. The zero-order valence-corrected chi connectivity index (χ0v) is 16.1. The number of aromatic nitrogens is 1. The van der Waals surface area contributed by atoms with Crippen LogP contribution in [-0.4, -0.2) is 35.0 Å². The molecule has 148 valence electrons. The molecule has 0 spiro atoms. The number of pyridine rings is 1. The van der Waals surface area contributed by atoms with Crippen molar-refractivity contribution in [1.29, 1.82) is 0 Å². The number of hydrogen-bond acceptors (Lipinski definition) is 5. The molecule has 1 aromatic carbocycles. The van der Waals surface area contributed by atoms with E-state index in [9.17, 15) is 14.4 Å². The summed E-state index contributed by atoms with van der Waals surface area (Å²) in [5.41, 5.74) is 0.949. The van der Waals surface area contributed by atoms with Crippen molar-refractivity contribution < 1.29 is 19.1 Å². The molecule has 2 rings (SSSR count). The Bertz CT molecular complexity index is 832. The number of benzene rings is 1. The summed E-state index contributed by atoms with van der Waals surface area (Å²) < 4.78 is 5.07. The fraction of sp³-hybridized carbons (Fsp3) is 0.300. The van der Waals surface area contributed by atoms with E-state index in [0.29, 0.717) is 11.4 Å². The van der Waals surface area contributed by atoms with Crippen LogP contribution in [0.25, 0.3) is 0 Å². The molecule has 3 amide bonds. The van der Waals surface area contributed by atoms with Crippen LogP contribution < -0.4 is 16.0 Å². The van der Waals surface area contributed by atoms with Crippen LogP contribution in [0.15, 0.2) is 48.7 Å². The molecule has 28 heavy (non-hydrogen) atoms. The number of para-hydroxylation sites is 1. The zero-order valence-electron chi connectivity index (χ0n) is 16.1. The second-order valence-corrected chi connectivity index (χ2v) is 6.96. The average Bonchev–Trinajstić information content (AvgIpc) is 2.65. The number of alkyl carbamates (subject to hydrolysis) is 1. The Kier molecular flexibility index (Phi) is 7.08. The quantitative estimate of drug-likeness (QED) is 0.709. The summed E-state index contributed by atoms with van der Waals surface area (Å²) >= 11 is 0. The van der Waals surface area contributed by atoms with Gasteiger partial charge in [0, 0.05) is 18.4 Å². The first-order chi connectivity index (χ1) is 13.2. The molecule has 1 aromatic heterocycles. The van der Waals surface area contributed by atoms with Gasteiger partial charge in [-0.2, -0.15) is 0 Å². The van der Waals surface area contributed by atoms with Crippen molar-refractivity contribution in [3.63, 3.8) is 0 Å². The zero-order chi connectivity index (χ0) is 20.6. The van der Waals surface area contributed by atoms with E-state index in [-0.39, 0.29) is 24.9 Å². The van der Waals surface area contributed by atoms with Gasteiger partial charge in [-0.1, -0.05) is 24.3 Å². The summed E-state index contributed by atoms with van der Waals surface area (Å²) in [6, 6.07) is 12.2. The summed E-state index contributed by atoms with van der Waals surface area (Å²) in [6.45, 7) is 5.19. The molecule has 0 saturated carbocycles. The second-order valence-electron chi connectivity index (χ2n) is 6.96. The monoisotopic (exact) mass is 384 g/mol. The highest BCUT2D eigenvalue weighted by Crippen LogP contribution is 2.15. The first-order valence-corrected chi connectivity index (χ1v) is 8.78. The molecule has 0 atom stereocenters. The van der Waals surface area contributed by atoms with E-state index in [2.05, 4.69) is 20.9 Å². The van der Waals surface area contributed by atoms with E-state index in [4.69, 9.17) is 4.74 Å². The molecule has 3 N–H and O–H groups in total. The molecule has 0 saturated heterocycles. The maximum Gasteiger partial charge on any atom is 0.408 e. The highest BCUT2D eigenvalue weighted by Gasteiger charge is 2.16. The van der Waals surface area contributed by atoms with Crippen molar-refractivity contribution in [2.24, 2.45) is 0 Å². The van der Waals surface area contributed by atoms with Gasteiger partial charge >= 0.3 is 6.09 Å². The Balaban J connectivity index is 1.88. The maximum atomic E-state index is 12.3. The second kappa shape index (κ2) is 9.50. The third-order valence-corrected chi connectivity index (χ3v) is 3.43. The number of carbonyl (C=O) groups is 3. The third-order valence-electron chi connectivity index (χ3n) is 3.43. The normalized spacial score (nSPS) is 10.7. The lowest BCUT2D eigenvalue weighted by Crippen LogP contribution is -2.39. The van der Waals surface area contributed by atoms with E-state index < -0.39 is 11.7 Å². The van der Waals surface area contributed by atoms with Crippen LogP contribution in [0, 0.1) is 0 Å². The van der Waals surface area contributed by atoms with Gasteiger partial charge in [-0.05, 0) is 44.5 Å². The first kappa shape index (κ1) is 20.9. The Morgan fingerprint density at radius 2 is 1.71 bits per heavy atom. The highest BCUT2D eigenvalue weighted by atomic mass is 16.6. The van der Waals surface area contributed by atoms with Crippen molar-refractivity contribution in [1.82, 2.24) is 15.6 Å². The van der Waals surface area contributed by atoms with Gasteiger partial charge in [0.05, 0.1) is 0 Å². The van der Waals surface area contributed by atoms with Gasteiger partial charge in [-0.3, -0.25) is 14.6 Å². The molecule has 0 radical (unpaired) electrons. The number of anilines is 1. The van der Waals surface area contributed by atoms with E-state index in [1.165, 1.54) is 0 Å². The van der Waals surface area contributed by atoms with Gasteiger partial charge in [0.25, 0.3) is 5.91 Å². The minimum Gasteiger partial charge on any atom is -0.444 e. The smallest absolute Gasteiger partial charge is 0.408 e. The number of ether oxygens (including phenoxy) is 1. The van der Waals surface area contributed by atoms with Gasteiger partial charge in [0.1, 0.15) is 17.8 Å². The number of rotatable bonds is 6. The largest absolute Gasteiger partial charge is 0.444 e. The Labute approximate surface area is 163 Å². The lowest BCUT2D eigenvalue weighted by atomic mass is 10.1. The van der Waals surface area contributed by atoms with Gasteiger partial charge in [-0.25, -0.2) is 4.79 Å². The summed E-state index contributed by atoms with van der Waals surface area (Å²) in [5.74, 6) is -0.720. The minimum atomic E-state index is -0.661. The average molecular weight is 384 g/mol. The standard InChI is InChI=1S/C20H24N4O4/c1-20(2,3)28-19(27)23-13-17(25)22-12-14-8-4-5-9-15(14)24-18(26)16-10-6-7-11-21-16/h4-11H,12-13H2,1-3H3,(H,22,25)(H,23,27)(H,24,26). The fourth-order valence-electron chi connectivity index (χ4n) is 2.20. The van der Waals surface area contributed by atoms with Crippen LogP contribution >= 0.6 is 0 Å². The van der Waals surface area contributed by atoms with E-state index in [0.717, 1.165) is 5.56 Å². The Morgan fingerprint density at radius 3 is 2.39 bits per heavy atom. The van der Waals surface area contributed by atoms with Crippen LogP contribution in [0.5, 0.6) is 0 Å². The predicted molar refractivity (Wildman–Crippen MR) is 105 cm³/mol. The molecular formula is C20H24N4O4. The van der Waals surface area contributed by atoms with Gasteiger partial charge in [0.15, 0.2) is 0 Å². The topological polar surface area (TPSA) is 109 Å². The molecule has 1 heterocycles. The number of carbonyl (C=O) groups excluding carboxylic acids is 3. The van der Waals surface area contributed by atoms with Crippen LogP contribution in [-0.2, 0) is 16.1 Å². The van der Waals surface area contributed by atoms with Gasteiger partial charge in [0.2, 0.25) is 5.91 Å². The fourth-order valence-corrected chi connectivity index (χ4v) is 2.20. The van der Waals surface area contributed by atoms with Gasteiger partial charge < -0.3 is 20.7 Å².